The topological polar surface area (TPSA) is 3.88 Å². The van der Waals surface area contributed by atoms with Crippen molar-refractivity contribution >= 4 is 0 Å². The quantitative estimate of drug-likeness (QED) is 0.513. The second-order valence-corrected chi connectivity index (χ2v) is 4.53. The highest BCUT2D eigenvalue weighted by Crippen LogP contribution is 2.04. The van der Waals surface area contributed by atoms with Gasteiger partial charge in [-0.3, -0.25) is 0 Å². The van der Waals surface area contributed by atoms with Gasteiger partial charge in [-0.25, -0.2) is 4.57 Å². The van der Waals surface area contributed by atoms with Crippen molar-refractivity contribution in [1.29, 1.82) is 0 Å². The number of aromatic nitrogens is 1. The van der Waals surface area contributed by atoms with E-state index >= 15 is 0 Å². The maximum Gasteiger partial charge on any atom is 0.178 e. The van der Waals surface area contributed by atoms with Gasteiger partial charge in [0, 0.05) is 32.4 Å². The summed E-state index contributed by atoms with van der Waals surface area (Å²) in [5, 5.41) is 0. The molecule has 0 spiro atoms. The molecule has 1 nitrogen and oxygen atoms in total. The summed E-state index contributed by atoms with van der Waals surface area (Å²) in [6.07, 6.45) is 5.35. The van der Waals surface area contributed by atoms with Crippen LogP contribution < -0.4 is 4.57 Å². The molecule has 0 radical (unpaired) electrons. The van der Waals surface area contributed by atoms with Gasteiger partial charge < -0.3 is 0 Å². The predicted octanol–water partition coefficient (Wildman–Crippen LogP) is 3.48. The molecular formula is C14H24N+. The molecule has 0 aliphatic rings. The third-order valence-corrected chi connectivity index (χ3v) is 2.96. The first kappa shape index (κ1) is 12.2. The molecule has 0 amide bonds. The van der Waals surface area contributed by atoms with E-state index in [9.17, 15) is 0 Å². The van der Waals surface area contributed by atoms with E-state index in [1.165, 1.54) is 49.2 Å². The Bertz CT molecular complexity index is 292. The Labute approximate surface area is 94.1 Å². The molecule has 0 bridgehead atoms. The van der Waals surface area contributed by atoms with Crippen molar-refractivity contribution in [2.75, 3.05) is 0 Å². The smallest absolute Gasteiger partial charge is 0.178 e. The van der Waals surface area contributed by atoms with Crippen LogP contribution in [0.3, 0.4) is 0 Å². The molecular weight excluding hydrogens is 182 g/mol. The Balaban J connectivity index is 2.60. The van der Waals surface area contributed by atoms with E-state index in [2.05, 4.69) is 44.4 Å². The van der Waals surface area contributed by atoms with Gasteiger partial charge in [0.2, 0.25) is 0 Å². The van der Waals surface area contributed by atoms with E-state index < -0.39 is 0 Å². The maximum atomic E-state index is 2.43. The van der Waals surface area contributed by atoms with Gasteiger partial charge in [0.05, 0.1) is 0 Å². The predicted molar refractivity (Wildman–Crippen MR) is 65.0 cm³/mol. The lowest BCUT2D eigenvalue weighted by atomic mass is 10.1. The van der Waals surface area contributed by atoms with Gasteiger partial charge in [0.25, 0.3) is 0 Å². The summed E-state index contributed by atoms with van der Waals surface area (Å²) in [6, 6.07) is 4.54. The Morgan fingerprint density at radius 2 is 1.53 bits per heavy atom. The average molecular weight is 206 g/mol. The highest BCUT2D eigenvalue weighted by atomic mass is 15.0. The molecule has 0 fully saturated rings. The number of nitrogens with zero attached hydrogens (tertiary/aromatic N) is 1. The molecule has 0 N–H and O–H groups in total. The van der Waals surface area contributed by atoms with E-state index in [0.717, 1.165) is 0 Å². The van der Waals surface area contributed by atoms with Crippen LogP contribution in [0, 0.1) is 20.8 Å². The van der Waals surface area contributed by atoms with Gasteiger partial charge in [-0.1, -0.05) is 19.8 Å². The zero-order valence-corrected chi connectivity index (χ0v) is 10.6. The lowest BCUT2D eigenvalue weighted by molar-refractivity contribution is -0.709. The standard InChI is InChI=1S/C14H24N/c1-5-6-7-8-9-15-13(3)10-12(2)11-14(15)4/h10-11H,5-9H2,1-4H3/q+1. The fourth-order valence-corrected chi connectivity index (χ4v) is 2.18. The van der Waals surface area contributed by atoms with Crippen molar-refractivity contribution in [2.45, 2.75) is 59.9 Å². The monoisotopic (exact) mass is 206 g/mol. The van der Waals surface area contributed by atoms with Crippen molar-refractivity contribution < 1.29 is 4.57 Å². The van der Waals surface area contributed by atoms with Crippen LogP contribution in [0.25, 0.3) is 0 Å². The first-order valence-electron chi connectivity index (χ1n) is 6.13. The number of pyridine rings is 1. The first-order valence-corrected chi connectivity index (χ1v) is 6.13. The van der Waals surface area contributed by atoms with E-state index in [0.29, 0.717) is 0 Å². The van der Waals surface area contributed by atoms with Gasteiger partial charge in [-0.2, -0.15) is 0 Å². The molecule has 0 saturated carbocycles. The number of rotatable bonds is 5. The molecule has 0 aromatic carbocycles. The van der Waals surface area contributed by atoms with Gasteiger partial charge in [0.1, 0.15) is 6.54 Å². The van der Waals surface area contributed by atoms with Crippen molar-refractivity contribution in [3.63, 3.8) is 0 Å². The molecule has 15 heavy (non-hydrogen) atoms. The summed E-state index contributed by atoms with van der Waals surface area (Å²) < 4.78 is 2.43. The van der Waals surface area contributed by atoms with Crippen LogP contribution in [0.1, 0.15) is 49.6 Å². The van der Waals surface area contributed by atoms with Gasteiger partial charge in [0.15, 0.2) is 11.4 Å². The molecule has 1 aromatic rings. The Morgan fingerprint density at radius 3 is 2.07 bits per heavy atom. The van der Waals surface area contributed by atoms with Crippen LogP contribution in [0.5, 0.6) is 0 Å². The van der Waals surface area contributed by atoms with Crippen LogP contribution in [0.15, 0.2) is 12.1 Å². The third-order valence-electron chi connectivity index (χ3n) is 2.96. The van der Waals surface area contributed by atoms with Crippen molar-refractivity contribution in [2.24, 2.45) is 0 Å². The van der Waals surface area contributed by atoms with Crippen LogP contribution in [-0.4, -0.2) is 0 Å². The fourth-order valence-electron chi connectivity index (χ4n) is 2.18. The normalized spacial score (nSPS) is 10.7. The fraction of sp³-hybridized carbons (Fsp3) is 0.643. The summed E-state index contributed by atoms with van der Waals surface area (Å²) in [7, 11) is 0. The Kier molecular flexibility index (Phi) is 4.80. The van der Waals surface area contributed by atoms with E-state index in [4.69, 9.17) is 0 Å². The van der Waals surface area contributed by atoms with E-state index in [-0.39, 0.29) is 0 Å². The van der Waals surface area contributed by atoms with Gasteiger partial charge >= 0.3 is 0 Å². The first-order chi connectivity index (χ1) is 7.15. The average Bonchev–Trinajstić information content (AvgIpc) is 2.15. The zero-order valence-electron chi connectivity index (χ0n) is 10.6. The lowest BCUT2D eigenvalue weighted by Gasteiger charge is -2.05. The Hall–Kier alpha value is -0.850. The molecule has 0 aliphatic carbocycles. The van der Waals surface area contributed by atoms with Crippen molar-refractivity contribution in [3.05, 3.63) is 29.1 Å². The summed E-state index contributed by atoms with van der Waals surface area (Å²) >= 11 is 0. The summed E-state index contributed by atoms with van der Waals surface area (Å²) in [5.41, 5.74) is 4.16. The third kappa shape index (κ3) is 3.65. The van der Waals surface area contributed by atoms with E-state index in [1.54, 1.807) is 0 Å². The number of hydrogen-bond donors (Lipinski definition) is 0. The van der Waals surface area contributed by atoms with Gasteiger partial charge in [-0.05, 0) is 18.9 Å². The van der Waals surface area contributed by atoms with Crippen LogP contribution in [0.2, 0.25) is 0 Å². The minimum atomic E-state index is 1.18. The second-order valence-electron chi connectivity index (χ2n) is 4.53. The van der Waals surface area contributed by atoms with Crippen LogP contribution in [0.4, 0.5) is 0 Å². The van der Waals surface area contributed by atoms with Gasteiger partial charge in [-0.15, -0.1) is 0 Å². The van der Waals surface area contributed by atoms with Crippen LogP contribution >= 0.6 is 0 Å². The summed E-state index contributed by atoms with van der Waals surface area (Å²) in [5.74, 6) is 0. The molecule has 0 atom stereocenters. The minimum absolute atomic E-state index is 1.18. The second kappa shape index (κ2) is 5.89. The van der Waals surface area contributed by atoms with E-state index in [1.807, 2.05) is 0 Å². The van der Waals surface area contributed by atoms with Crippen LogP contribution in [-0.2, 0) is 6.54 Å². The molecule has 1 heteroatoms. The minimum Gasteiger partial charge on any atom is -0.200 e. The zero-order chi connectivity index (χ0) is 11.3. The molecule has 0 unspecified atom stereocenters. The highest BCUT2D eigenvalue weighted by Gasteiger charge is 2.10. The number of unbranched alkanes of at least 4 members (excludes halogenated alkanes) is 3. The van der Waals surface area contributed by atoms with Crippen molar-refractivity contribution in [3.8, 4) is 0 Å². The molecule has 84 valence electrons. The molecule has 1 heterocycles. The number of hydrogen-bond acceptors (Lipinski definition) is 0. The summed E-state index contributed by atoms with van der Waals surface area (Å²) in [4.78, 5) is 0. The molecule has 0 saturated heterocycles. The number of aryl methyl sites for hydroxylation is 3. The largest absolute Gasteiger partial charge is 0.200 e. The van der Waals surface area contributed by atoms with Crippen molar-refractivity contribution in [1.82, 2.24) is 0 Å². The molecule has 1 aromatic heterocycles. The molecule has 1 rings (SSSR count). The highest BCUT2D eigenvalue weighted by molar-refractivity contribution is 5.13. The SMILES string of the molecule is CCCCCC[n+]1c(C)cc(C)cc1C. The Morgan fingerprint density at radius 1 is 0.933 bits per heavy atom. The summed E-state index contributed by atoms with van der Waals surface area (Å²) in [6.45, 7) is 10.0. The lowest BCUT2D eigenvalue weighted by Crippen LogP contribution is -2.40. The molecule has 0 aliphatic heterocycles. The maximum absolute atomic E-state index is 2.43.